The second kappa shape index (κ2) is 7.39. The minimum Gasteiger partial charge on any atom is -0.354 e. The molecule has 0 spiro atoms. The van der Waals surface area contributed by atoms with E-state index in [1.165, 1.54) is 23.0 Å². The number of allylic oxidation sites excluding steroid dienone is 1. The molecule has 1 aromatic heterocycles. The number of carbonyl (C=O) groups is 1. The fourth-order valence-corrected chi connectivity index (χ4v) is 4.01. The van der Waals surface area contributed by atoms with Crippen LogP contribution in [-0.2, 0) is 21.2 Å². The van der Waals surface area contributed by atoms with Crippen molar-refractivity contribution in [2.75, 3.05) is 12.8 Å². The predicted octanol–water partition coefficient (Wildman–Crippen LogP) is 2.45. The Morgan fingerprint density at radius 3 is 2.80 bits per heavy atom. The Morgan fingerprint density at radius 2 is 2.08 bits per heavy atom. The topological polar surface area (TPSA) is 81.1 Å². The summed E-state index contributed by atoms with van der Waals surface area (Å²) in [5.74, 6) is -0.204. The maximum absolute atomic E-state index is 12.3. The molecule has 2 aromatic rings. The summed E-state index contributed by atoms with van der Waals surface area (Å²) in [5.41, 5.74) is 2.62. The van der Waals surface area contributed by atoms with Crippen LogP contribution >= 0.6 is 0 Å². The van der Waals surface area contributed by atoms with Crippen molar-refractivity contribution in [3.8, 4) is 0 Å². The van der Waals surface area contributed by atoms with Gasteiger partial charge in [-0.05, 0) is 44.2 Å². The SMILES string of the molecule is CS(=O)(=O)c1nc2ccccc2n1CC(=O)NCCC1=CCCCC1. The van der Waals surface area contributed by atoms with Crippen molar-refractivity contribution >= 4 is 26.8 Å². The van der Waals surface area contributed by atoms with E-state index in [0.717, 1.165) is 25.5 Å². The lowest BCUT2D eigenvalue weighted by Gasteiger charge is -2.13. The van der Waals surface area contributed by atoms with Crippen LogP contribution in [0.1, 0.15) is 32.1 Å². The first-order valence-corrected chi connectivity index (χ1v) is 10.4. The summed E-state index contributed by atoms with van der Waals surface area (Å²) >= 11 is 0. The Morgan fingerprint density at radius 1 is 1.28 bits per heavy atom. The third-order valence-corrected chi connectivity index (χ3v) is 5.38. The molecule has 0 saturated heterocycles. The van der Waals surface area contributed by atoms with Gasteiger partial charge in [-0.1, -0.05) is 23.8 Å². The van der Waals surface area contributed by atoms with Crippen molar-refractivity contribution in [2.45, 2.75) is 43.8 Å². The number of nitrogens with zero attached hydrogens (tertiary/aromatic N) is 2. The quantitative estimate of drug-likeness (QED) is 0.802. The molecule has 1 aliphatic carbocycles. The molecule has 0 saturated carbocycles. The minimum absolute atomic E-state index is 0.0536. The third kappa shape index (κ3) is 4.28. The maximum Gasteiger partial charge on any atom is 0.240 e. The zero-order valence-corrected chi connectivity index (χ0v) is 15.2. The highest BCUT2D eigenvalue weighted by Crippen LogP contribution is 2.20. The zero-order valence-electron chi connectivity index (χ0n) is 14.4. The van der Waals surface area contributed by atoms with Gasteiger partial charge in [-0.15, -0.1) is 0 Å². The number of carbonyl (C=O) groups excluding carboxylic acids is 1. The van der Waals surface area contributed by atoms with Crippen molar-refractivity contribution in [3.05, 3.63) is 35.9 Å². The van der Waals surface area contributed by atoms with Gasteiger partial charge in [-0.3, -0.25) is 4.79 Å². The number of hydrogen-bond acceptors (Lipinski definition) is 4. The van der Waals surface area contributed by atoms with Gasteiger partial charge in [0.05, 0.1) is 11.0 Å². The van der Waals surface area contributed by atoms with Crippen LogP contribution in [0.3, 0.4) is 0 Å². The molecule has 1 N–H and O–H groups in total. The molecule has 0 atom stereocenters. The van der Waals surface area contributed by atoms with Gasteiger partial charge in [0, 0.05) is 12.8 Å². The number of hydrogen-bond donors (Lipinski definition) is 1. The summed E-state index contributed by atoms with van der Waals surface area (Å²) in [5, 5.41) is 2.82. The average molecular weight is 361 g/mol. The molecule has 1 aliphatic rings. The Hall–Kier alpha value is -2.15. The summed E-state index contributed by atoms with van der Waals surface area (Å²) in [6.07, 6.45) is 8.94. The van der Waals surface area contributed by atoms with Crippen molar-refractivity contribution in [2.24, 2.45) is 0 Å². The highest BCUT2D eigenvalue weighted by Gasteiger charge is 2.20. The Labute approximate surface area is 147 Å². The molecule has 7 heteroatoms. The van der Waals surface area contributed by atoms with Crippen LogP contribution in [-0.4, -0.2) is 36.7 Å². The molecule has 0 unspecified atom stereocenters. The molecule has 0 fully saturated rings. The van der Waals surface area contributed by atoms with E-state index in [-0.39, 0.29) is 17.6 Å². The van der Waals surface area contributed by atoms with Crippen LogP contribution < -0.4 is 5.32 Å². The molecule has 6 nitrogen and oxygen atoms in total. The van der Waals surface area contributed by atoms with Crippen LogP contribution in [0, 0.1) is 0 Å². The normalized spacial score (nSPS) is 15.2. The zero-order chi connectivity index (χ0) is 17.9. The van der Waals surface area contributed by atoms with E-state index in [9.17, 15) is 13.2 Å². The van der Waals surface area contributed by atoms with Crippen LogP contribution in [0.4, 0.5) is 0 Å². The molecule has 0 radical (unpaired) electrons. The Kier molecular flexibility index (Phi) is 5.22. The second-order valence-electron chi connectivity index (χ2n) is 6.45. The lowest BCUT2D eigenvalue weighted by molar-refractivity contribution is -0.121. The van der Waals surface area contributed by atoms with E-state index in [0.29, 0.717) is 17.6 Å². The molecule has 3 rings (SSSR count). The van der Waals surface area contributed by atoms with E-state index >= 15 is 0 Å². The summed E-state index contributed by atoms with van der Waals surface area (Å²) in [7, 11) is -3.52. The monoisotopic (exact) mass is 361 g/mol. The van der Waals surface area contributed by atoms with Gasteiger partial charge in [-0.25, -0.2) is 13.4 Å². The molecule has 25 heavy (non-hydrogen) atoms. The first-order chi connectivity index (χ1) is 11.9. The summed E-state index contributed by atoms with van der Waals surface area (Å²) in [6.45, 7) is 0.521. The van der Waals surface area contributed by atoms with E-state index in [1.807, 2.05) is 0 Å². The third-order valence-electron chi connectivity index (χ3n) is 4.41. The molecule has 1 aromatic carbocycles. The van der Waals surface area contributed by atoms with Gasteiger partial charge < -0.3 is 9.88 Å². The number of para-hydroxylation sites is 2. The predicted molar refractivity (Wildman–Crippen MR) is 97.0 cm³/mol. The number of nitrogens with one attached hydrogen (secondary N) is 1. The molecule has 1 heterocycles. The van der Waals surface area contributed by atoms with Gasteiger partial charge in [0.1, 0.15) is 6.54 Å². The van der Waals surface area contributed by atoms with Crippen LogP contribution in [0.5, 0.6) is 0 Å². The van der Waals surface area contributed by atoms with E-state index in [4.69, 9.17) is 0 Å². The standard InChI is InChI=1S/C18H23N3O3S/c1-25(23,24)18-20-15-9-5-6-10-16(15)21(18)13-17(22)19-12-11-14-7-3-2-4-8-14/h5-7,9-10H,2-4,8,11-13H2,1H3,(H,19,22). The second-order valence-corrected chi connectivity index (χ2v) is 8.36. The Balaban J connectivity index is 1.71. The van der Waals surface area contributed by atoms with Crippen LogP contribution in [0.25, 0.3) is 11.0 Å². The van der Waals surface area contributed by atoms with E-state index in [1.54, 1.807) is 24.3 Å². The fourth-order valence-electron chi connectivity index (χ4n) is 3.18. The lowest BCUT2D eigenvalue weighted by Crippen LogP contribution is -2.29. The molecule has 1 amide bonds. The number of fused-ring (bicyclic) bond motifs is 1. The fraction of sp³-hybridized carbons (Fsp3) is 0.444. The number of sulfone groups is 1. The van der Waals surface area contributed by atoms with Crippen molar-refractivity contribution < 1.29 is 13.2 Å². The van der Waals surface area contributed by atoms with Crippen molar-refractivity contribution in [3.63, 3.8) is 0 Å². The van der Waals surface area contributed by atoms with Gasteiger partial charge in [0.2, 0.25) is 20.9 Å². The number of rotatable bonds is 6. The number of imidazole rings is 1. The molecule has 0 bridgehead atoms. The van der Waals surface area contributed by atoms with Gasteiger partial charge in [0.25, 0.3) is 0 Å². The minimum atomic E-state index is -3.52. The van der Waals surface area contributed by atoms with E-state index < -0.39 is 9.84 Å². The van der Waals surface area contributed by atoms with Crippen molar-refractivity contribution in [1.29, 1.82) is 0 Å². The Bertz CT molecular complexity index is 913. The number of aromatic nitrogens is 2. The highest BCUT2D eigenvalue weighted by molar-refractivity contribution is 7.90. The maximum atomic E-state index is 12.3. The van der Waals surface area contributed by atoms with Crippen molar-refractivity contribution in [1.82, 2.24) is 14.9 Å². The summed E-state index contributed by atoms with van der Waals surface area (Å²) in [4.78, 5) is 16.5. The van der Waals surface area contributed by atoms with E-state index in [2.05, 4.69) is 16.4 Å². The van der Waals surface area contributed by atoms with Crippen LogP contribution in [0.2, 0.25) is 0 Å². The number of benzene rings is 1. The van der Waals surface area contributed by atoms with Gasteiger partial charge in [0.15, 0.2) is 0 Å². The van der Waals surface area contributed by atoms with Gasteiger partial charge in [-0.2, -0.15) is 0 Å². The summed E-state index contributed by atoms with van der Waals surface area (Å²) < 4.78 is 25.5. The first kappa shape index (κ1) is 17.7. The van der Waals surface area contributed by atoms with Crippen LogP contribution in [0.15, 0.2) is 41.1 Å². The molecule has 0 aliphatic heterocycles. The molecular formula is C18H23N3O3S. The summed E-state index contributed by atoms with van der Waals surface area (Å²) in [6, 6.07) is 7.12. The molecule has 134 valence electrons. The smallest absolute Gasteiger partial charge is 0.240 e. The number of amides is 1. The average Bonchev–Trinajstić information content (AvgIpc) is 2.95. The first-order valence-electron chi connectivity index (χ1n) is 8.55. The van der Waals surface area contributed by atoms with Gasteiger partial charge >= 0.3 is 0 Å². The lowest BCUT2D eigenvalue weighted by atomic mass is 9.97. The highest BCUT2D eigenvalue weighted by atomic mass is 32.2. The largest absolute Gasteiger partial charge is 0.354 e. The molecular weight excluding hydrogens is 338 g/mol.